The Bertz CT molecular complexity index is 575. The third kappa shape index (κ3) is 7.56. The van der Waals surface area contributed by atoms with E-state index in [0.29, 0.717) is 19.8 Å². The molecule has 0 aliphatic heterocycles. The number of hydrogen-bond acceptors (Lipinski definition) is 5. The largest absolute Gasteiger partial charge is 0.544 e. The minimum absolute atomic E-state index is 0.328. The Morgan fingerprint density at radius 1 is 0.667 bits per heavy atom. The second kappa shape index (κ2) is 12.1. The summed E-state index contributed by atoms with van der Waals surface area (Å²) in [5, 5.41) is 0.795. The number of rotatable bonds is 15. The van der Waals surface area contributed by atoms with Gasteiger partial charge in [-0.1, -0.05) is 32.8 Å². The number of ether oxygens (including phenoxy) is 2. The van der Waals surface area contributed by atoms with Gasteiger partial charge in [0.1, 0.15) is 27.9 Å². The third-order valence-corrected chi connectivity index (χ3v) is 7.89. The summed E-state index contributed by atoms with van der Waals surface area (Å²) in [5.74, 6) is 1.44. The van der Waals surface area contributed by atoms with Crippen molar-refractivity contribution in [1.82, 2.24) is 0 Å². The highest BCUT2D eigenvalue weighted by molar-refractivity contribution is 6.77. The highest BCUT2D eigenvalue weighted by Crippen LogP contribution is 2.31. The molecule has 6 heteroatoms. The molecule has 1 rings (SSSR count). The Kier molecular flexibility index (Phi) is 10.9. The van der Waals surface area contributed by atoms with Crippen molar-refractivity contribution in [2.24, 2.45) is 0 Å². The van der Waals surface area contributed by atoms with Gasteiger partial charge in [-0.3, -0.25) is 0 Å². The quantitative estimate of drug-likeness (QED) is 0.320. The van der Waals surface area contributed by atoms with Gasteiger partial charge >= 0.3 is 8.80 Å². The average molecular weight is 441 g/mol. The van der Waals surface area contributed by atoms with Gasteiger partial charge in [0.05, 0.1) is 0 Å². The van der Waals surface area contributed by atoms with Crippen molar-refractivity contribution in [3.8, 4) is 11.5 Å². The molecule has 0 N–H and O–H groups in total. The zero-order chi connectivity index (χ0) is 22.8. The molecule has 0 saturated heterocycles. The topological polar surface area (TPSA) is 46.2 Å². The molecule has 0 heterocycles. The lowest BCUT2D eigenvalue weighted by atomic mass is 10.0. The summed E-state index contributed by atoms with van der Waals surface area (Å²) in [6.45, 7) is 20.1. The highest BCUT2D eigenvalue weighted by Gasteiger charge is 2.49. The molecule has 174 valence electrons. The molecule has 1 aromatic carbocycles. The van der Waals surface area contributed by atoms with Crippen molar-refractivity contribution < 1.29 is 22.8 Å². The predicted octanol–water partition coefficient (Wildman–Crippen LogP) is 5.86. The molecule has 0 unspecified atom stereocenters. The summed E-state index contributed by atoms with van der Waals surface area (Å²) in [6.07, 6.45) is 3.94. The molecule has 0 radical (unpaired) electrons. The predicted molar refractivity (Wildman–Crippen MR) is 126 cm³/mol. The Balaban J connectivity index is 3.67. The fourth-order valence-electron chi connectivity index (χ4n) is 3.80. The second-order valence-electron chi connectivity index (χ2n) is 8.71. The van der Waals surface area contributed by atoms with Crippen LogP contribution in [0.25, 0.3) is 0 Å². The van der Waals surface area contributed by atoms with Gasteiger partial charge in [0, 0.05) is 19.8 Å². The molecule has 0 fully saturated rings. The van der Waals surface area contributed by atoms with Crippen LogP contribution in [0.2, 0.25) is 0 Å². The Labute approximate surface area is 185 Å². The molecule has 0 amide bonds. The van der Waals surface area contributed by atoms with E-state index in [0.717, 1.165) is 42.4 Å². The van der Waals surface area contributed by atoms with Crippen molar-refractivity contribution in [3.05, 3.63) is 18.2 Å². The van der Waals surface area contributed by atoms with Crippen molar-refractivity contribution >= 4 is 14.0 Å². The van der Waals surface area contributed by atoms with E-state index in [-0.39, 0.29) is 11.2 Å². The van der Waals surface area contributed by atoms with Gasteiger partial charge in [0.2, 0.25) is 0 Å². The van der Waals surface area contributed by atoms with Crippen LogP contribution in [0.3, 0.4) is 0 Å². The summed E-state index contributed by atoms with van der Waals surface area (Å²) in [6, 6.07) is 5.93. The summed E-state index contributed by atoms with van der Waals surface area (Å²) >= 11 is 0. The van der Waals surface area contributed by atoms with Crippen LogP contribution in [-0.4, -0.2) is 39.8 Å². The fraction of sp³-hybridized carbons (Fsp3) is 0.750. The number of hydrogen-bond donors (Lipinski definition) is 0. The van der Waals surface area contributed by atoms with Crippen LogP contribution in [-0.2, 0) is 13.3 Å². The van der Waals surface area contributed by atoms with E-state index in [1.165, 1.54) is 0 Å². The molecule has 1 aromatic rings. The summed E-state index contributed by atoms with van der Waals surface area (Å²) < 4.78 is 31.9. The van der Waals surface area contributed by atoms with Gasteiger partial charge in [0.15, 0.2) is 0 Å². The van der Waals surface area contributed by atoms with Crippen LogP contribution in [0.15, 0.2) is 18.2 Å². The van der Waals surface area contributed by atoms with Gasteiger partial charge in [-0.05, 0) is 73.4 Å². The lowest BCUT2D eigenvalue weighted by molar-refractivity contribution is 0.0727. The third-order valence-electron chi connectivity index (χ3n) is 4.77. The van der Waals surface area contributed by atoms with E-state index in [4.69, 9.17) is 22.8 Å². The molecule has 0 bridgehead atoms. The second-order valence-corrected chi connectivity index (χ2v) is 11.2. The average Bonchev–Trinajstić information content (AvgIpc) is 2.61. The molecule has 0 aliphatic carbocycles. The van der Waals surface area contributed by atoms with Crippen LogP contribution in [0.5, 0.6) is 11.5 Å². The SMILES string of the molecule is CCCC(C)(C)Oc1cccc(OC(C)(C)CCC)c1[Si](OCC)(OCC)OCC. The van der Waals surface area contributed by atoms with Crippen molar-refractivity contribution in [2.75, 3.05) is 19.8 Å². The van der Waals surface area contributed by atoms with E-state index in [1.54, 1.807) is 0 Å². The van der Waals surface area contributed by atoms with E-state index in [1.807, 2.05) is 39.0 Å². The molecule has 5 nitrogen and oxygen atoms in total. The van der Waals surface area contributed by atoms with E-state index in [2.05, 4.69) is 41.5 Å². The minimum Gasteiger partial charge on any atom is -0.488 e. The molecular weight excluding hydrogens is 396 g/mol. The van der Waals surface area contributed by atoms with E-state index in [9.17, 15) is 0 Å². The molecule has 0 atom stereocenters. The molecule has 0 aliphatic rings. The van der Waals surface area contributed by atoms with Crippen LogP contribution < -0.4 is 14.7 Å². The first-order chi connectivity index (χ1) is 14.1. The maximum atomic E-state index is 6.55. The zero-order valence-electron chi connectivity index (χ0n) is 20.7. The highest BCUT2D eigenvalue weighted by atomic mass is 28.4. The standard InChI is InChI=1S/C24H44O5Si/c1-10-18-23(6,7)28-20-16-15-17-21(29-24(8,9)19-11-2)22(20)30(25-12-3,26-13-4)27-14-5/h15-17H,10-14,18-19H2,1-9H3. The Hall–Kier alpha value is -1.08. The lowest BCUT2D eigenvalue weighted by Gasteiger charge is -2.35. The van der Waals surface area contributed by atoms with Crippen LogP contribution in [0.1, 0.15) is 88.0 Å². The molecular formula is C24H44O5Si. The van der Waals surface area contributed by atoms with Crippen LogP contribution >= 0.6 is 0 Å². The van der Waals surface area contributed by atoms with Gasteiger partial charge in [0.25, 0.3) is 0 Å². The first-order valence-electron chi connectivity index (χ1n) is 11.5. The van der Waals surface area contributed by atoms with Gasteiger partial charge in [-0.25, -0.2) is 0 Å². The summed E-state index contributed by atoms with van der Waals surface area (Å²) in [4.78, 5) is 0. The molecule has 0 spiro atoms. The lowest BCUT2D eigenvalue weighted by Crippen LogP contribution is -2.58. The summed E-state index contributed by atoms with van der Waals surface area (Å²) in [5.41, 5.74) is -0.655. The van der Waals surface area contributed by atoms with Crippen molar-refractivity contribution in [2.45, 2.75) is 99.2 Å². The Morgan fingerprint density at radius 2 is 1.03 bits per heavy atom. The van der Waals surface area contributed by atoms with E-state index < -0.39 is 8.80 Å². The summed E-state index contributed by atoms with van der Waals surface area (Å²) in [7, 11) is -3.26. The van der Waals surface area contributed by atoms with E-state index >= 15 is 0 Å². The normalized spacial score (nSPS) is 12.8. The maximum absolute atomic E-state index is 6.55. The van der Waals surface area contributed by atoms with Gasteiger partial charge < -0.3 is 22.8 Å². The first kappa shape index (κ1) is 27.0. The smallest absolute Gasteiger partial charge is 0.488 e. The van der Waals surface area contributed by atoms with Crippen molar-refractivity contribution in [1.29, 1.82) is 0 Å². The molecule has 0 aromatic heterocycles. The van der Waals surface area contributed by atoms with Gasteiger partial charge in [-0.15, -0.1) is 0 Å². The monoisotopic (exact) mass is 440 g/mol. The zero-order valence-corrected chi connectivity index (χ0v) is 21.7. The van der Waals surface area contributed by atoms with Crippen molar-refractivity contribution in [3.63, 3.8) is 0 Å². The number of benzene rings is 1. The molecule has 30 heavy (non-hydrogen) atoms. The first-order valence-corrected chi connectivity index (χ1v) is 13.3. The minimum atomic E-state index is -3.26. The van der Waals surface area contributed by atoms with Crippen LogP contribution in [0, 0.1) is 0 Å². The fourth-order valence-corrected chi connectivity index (χ4v) is 6.49. The van der Waals surface area contributed by atoms with Gasteiger partial charge in [-0.2, -0.15) is 0 Å². The van der Waals surface area contributed by atoms with Crippen LogP contribution in [0.4, 0.5) is 0 Å². The maximum Gasteiger partial charge on any atom is 0.544 e. The molecule has 0 saturated carbocycles. The Morgan fingerprint density at radius 3 is 1.33 bits per heavy atom.